The van der Waals surface area contributed by atoms with Gasteiger partial charge < -0.3 is 14.3 Å². The van der Waals surface area contributed by atoms with E-state index in [1.807, 2.05) is 26.0 Å². The van der Waals surface area contributed by atoms with Crippen molar-refractivity contribution in [3.05, 3.63) is 117 Å². The third kappa shape index (κ3) is 3.76. The minimum Gasteiger partial charge on any atom is -0.458 e. The zero-order chi connectivity index (χ0) is 22.0. The molecule has 1 aromatic heterocycles. The number of aryl methyl sites for hydroxylation is 2. The maximum atomic E-state index is 13.2. The Kier molecular flexibility index (Phi) is 5.44. The summed E-state index contributed by atoms with van der Waals surface area (Å²) in [6.45, 7) is 3.63. The van der Waals surface area contributed by atoms with Crippen molar-refractivity contribution < 1.29 is 19.1 Å². The summed E-state index contributed by atoms with van der Waals surface area (Å²) in [4.78, 5) is 25.3. The molecule has 0 spiro atoms. The van der Waals surface area contributed by atoms with E-state index in [0.29, 0.717) is 27.7 Å². The quantitative estimate of drug-likeness (QED) is 0.387. The summed E-state index contributed by atoms with van der Waals surface area (Å²) in [7, 11) is 0. The van der Waals surface area contributed by atoms with Crippen LogP contribution in [0.25, 0.3) is 11.0 Å². The van der Waals surface area contributed by atoms with Crippen molar-refractivity contribution in [3.8, 4) is 0 Å². The van der Waals surface area contributed by atoms with E-state index < -0.39 is 17.2 Å². The largest absolute Gasteiger partial charge is 0.458 e. The summed E-state index contributed by atoms with van der Waals surface area (Å²) >= 11 is 0. The smallest absolute Gasteiger partial charge is 0.348 e. The van der Waals surface area contributed by atoms with Crippen LogP contribution in [0.15, 0.2) is 88.1 Å². The van der Waals surface area contributed by atoms with Crippen LogP contribution in [0, 0.1) is 13.8 Å². The van der Waals surface area contributed by atoms with Crippen LogP contribution >= 0.6 is 0 Å². The molecule has 0 unspecified atom stereocenters. The first-order chi connectivity index (χ1) is 14.9. The van der Waals surface area contributed by atoms with Gasteiger partial charge in [-0.2, -0.15) is 0 Å². The molecule has 0 atom stereocenters. The monoisotopic (exact) mass is 414 g/mol. The standard InChI is InChI=1S/C26H22O5/c1-17-13-14-22-19(15-23(27)31-24(22)18(17)2)16-30-25(28)26(29,20-9-5-3-6-10-20)21-11-7-4-8-12-21/h3-15,29H,16H2,1-2H3. The van der Waals surface area contributed by atoms with Crippen LogP contribution in [0.3, 0.4) is 0 Å². The molecule has 3 aromatic carbocycles. The molecule has 1 heterocycles. The van der Waals surface area contributed by atoms with E-state index >= 15 is 0 Å². The normalized spacial score (nSPS) is 11.5. The highest BCUT2D eigenvalue weighted by Gasteiger charge is 2.41. The summed E-state index contributed by atoms with van der Waals surface area (Å²) in [5, 5.41) is 12.2. The minimum atomic E-state index is -1.98. The summed E-state index contributed by atoms with van der Waals surface area (Å²) in [5.74, 6) is -0.824. The highest BCUT2D eigenvalue weighted by molar-refractivity contribution is 5.87. The number of esters is 1. The first-order valence-corrected chi connectivity index (χ1v) is 9.95. The second-order valence-corrected chi connectivity index (χ2v) is 7.49. The van der Waals surface area contributed by atoms with Crippen molar-refractivity contribution in [1.82, 2.24) is 0 Å². The van der Waals surface area contributed by atoms with Gasteiger partial charge in [-0.25, -0.2) is 9.59 Å². The molecule has 0 bridgehead atoms. The molecule has 0 saturated heterocycles. The van der Waals surface area contributed by atoms with E-state index in [2.05, 4.69) is 0 Å². The predicted octanol–water partition coefficient (Wildman–Crippen LogP) is 4.39. The molecule has 156 valence electrons. The molecule has 4 aromatic rings. The minimum absolute atomic E-state index is 0.175. The molecule has 5 nitrogen and oxygen atoms in total. The molecule has 5 heteroatoms. The number of hydrogen-bond acceptors (Lipinski definition) is 5. The lowest BCUT2D eigenvalue weighted by Crippen LogP contribution is -2.38. The molecule has 0 radical (unpaired) electrons. The van der Waals surface area contributed by atoms with Crippen LogP contribution in [0.2, 0.25) is 0 Å². The number of hydrogen-bond donors (Lipinski definition) is 1. The van der Waals surface area contributed by atoms with Gasteiger partial charge in [-0.1, -0.05) is 72.8 Å². The third-order valence-corrected chi connectivity index (χ3v) is 5.55. The fraction of sp³-hybridized carbons (Fsp3) is 0.154. The third-order valence-electron chi connectivity index (χ3n) is 5.55. The van der Waals surface area contributed by atoms with Crippen LogP contribution in [-0.2, 0) is 21.7 Å². The maximum absolute atomic E-state index is 13.2. The zero-order valence-electron chi connectivity index (χ0n) is 17.3. The van der Waals surface area contributed by atoms with Gasteiger partial charge >= 0.3 is 11.6 Å². The number of ether oxygens (including phenoxy) is 1. The molecular formula is C26H22O5. The highest BCUT2D eigenvalue weighted by atomic mass is 16.5. The molecule has 0 aliphatic rings. The van der Waals surface area contributed by atoms with E-state index in [9.17, 15) is 14.7 Å². The van der Waals surface area contributed by atoms with Gasteiger partial charge in [0.15, 0.2) is 0 Å². The average molecular weight is 414 g/mol. The van der Waals surface area contributed by atoms with E-state index in [1.54, 1.807) is 60.7 Å². The van der Waals surface area contributed by atoms with E-state index in [4.69, 9.17) is 9.15 Å². The van der Waals surface area contributed by atoms with Crippen LogP contribution in [0.4, 0.5) is 0 Å². The Morgan fingerprint density at radius 1 is 0.935 bits per heavy atom. The highest BCUT2D eigenvalue weighted by Crippen LogP contribution is 2.32. The Morgan fingerprint density at radius 3 is 2.10 bits per heavy atom. The second kappa shape index (κ2) is 8.20. The number of carbonyl (C=O) groups excluding carboxylic acids is 1. The maximum Gasteiger partial charge on any atom is 0.348 e. The Labute approximate surface area is 179 Å². The molecule has 1 N–H and O–H groups in total. The number of benzene rings is 3. The SMILES string of the molecule is Cc1ccc2c(COC(=O)C(O)(c3ccccc3)c3ccccc3)cc(=O)oc2c1C. The number of rotatable bonds is 5. The van der Waals surface area contributed by atoms with Gasteiger partial charge in [0.05, 0.1) is 0 Å². The Balaban J connectivity index is 1.72. The molecule has 4 rings (SSSR count). The Hall–Kier alpha value is -3.70. The molecule has 0 aliphatic carbocycles. The second-order valence-electron chi connectivity index (χ2n) is 7.49. The molecule has 0 aliphatic heterocycles. The van der Waals surface area contributed by atoms with Gasteiger partial charge in [0.1, 0.15) is 12.2 Å². The van der Waals surface area contributed by atoms with Crippen LogP contribution in [-0.4, -0.2) is 11.1 Å². The van der Waals surface area contributed by atoms with Crippen molar-refractivity contribution in [2.24, 2.45) is 0 Å². The lowest BCUT2D eigenvalue weighted by Gasteiger charge is -2.27. The van der Waals surface area contributed by atoms with Gasteiger partial charge in [0.2, 0.25) is 5.60 Å². The average Bonchev–Trinajstić information content (AvgIpc) is 2.80. The summed E-state index contributed by atoms with van der Waals surface area (Å²) in [6, 6.07) is 22.4. The van der Waals surface area contributed by atoms with Crippen molar-refractivity contribution in [2.45, 2.75) is 26.1 Å². The predicted molar refractivity (Wildman–Crippen MR) is 118 cm³/mol. The lowest BCUT2D eigenvalue weighted by atomic mass is 9.86. The van der Waals surface area contributed by atoms with Crippen molar-refractivity contribution in [1.29, 1.82) is 0 Å². The van der Waals surface area contributed by atoms with Gasteiger partial charge in [-0.15, -0.1) is 0 Å². The Bertz CT molecular complexity index is 1250. The zero-order valence-corrected chi connectivity index (χ0v) is 17.3. The number of carbonyl (C=O) groups is 1. The molecular weight excluding hydrogens is 392 g/mol. The summed E-state index contributed by atoms with van der Waals surface area (Å²) in [5.41, 5.74) is 1.13. The molecule has 0 saturated carbocycles. The fourth-order valence-corrected chi connectivity index (χ4v) is 3.65. The van der Waals surface area contributed by atoms with Crippen molar-refractivity contribution >= 4 is 16.9 Å². The van der Waals surface area contributed by atoms with Crippen LogP contribution in [0.1, 0.15) is 27.8 Å². The van der Waals surface area contributed by atoms with Crippen molar-refractivity contribution in [3.63, 3.8) is 0 Å². The first-order valence-electron chi connectivity index (χ1n) is 9.95. The molecule has 0 fully saturated rings. The lowest BCUT2D eigenvalue weighted by molar-refractivity contribution is -0.163. The molecule has 0 amide bonds. The van der Waals surface area contributed by atoms with E-state index in [0.717, 1.165) is 11.1 Å². The first kappa shape index (κ1) is 20.6. The van der Waals surface area contributed by atoms with Crippen LogP contribution in [0.5, 0.6) is 0 Å². The van der Waals surface area contributed by atoms with Gasteiger partial charge in [-0.05, 0) is 36.1 Å². The van der Waals surface area contributed by atoms with Crippen LogP contribution < -0.4 is 5.63 Å². The number of fused-ring (bicyclic) bond motifs is 1. The van der Waals surface area contributed by atoms with E-state index in [-0.39, 0.29) is 6.61 Å². The molecule has 31 heavy (non-hydrogen) atoms. The summed E-state index contributed by atoms with van der Waals surface area (Å²) in [6.07, 6.45) is 0. The van der Waals surface area contributed by atoms with E-state index in [1.165, 1.54) is 6.07 Å². The topological polar surface area (TPSA) is 76.7 Å². The number of aliphatic hydroxyl groups is 1. The Morgan fingerprint density at radius 2 is 1.52 bits per heavy atom. The van der Waals surface area contributed by atoms with Gasteiger partial charge in [0, 0.05) is 17.0 Å². The van der Waals surface area contributed by atoms with Gasteiger partial charge in [-0.3, -0.25) is 0 Å². The fourth-order valence-electron chi connectivity index (χ4n) is 3.65. The summed E-state index contributed by atoms with van der Waals surface area (Å²) < 4.78 is 10.9. The van der Waals surface area contributed by atoms with Crippen molar-refractivity contribution in [2.75, 3.05) is 0 Å². The van der Waals surface area contributed by atoms with Gasteiger partial charge in [0.25, 0.3) is 0 Å².